The Kier molecular flexibility index (Phi) is 3.61. The van der Waals surface area contributed by atoms with Gasteiger partial charge >= 0.3 is 0 Å². The lowest BCUT2D eigenvalue weighted by molar-refractivity contribution is -0.125. The molecule has 1 aromatic heterocycles. The Balaban J connectivity index is 1.54. The first kappa shape index (κ1) is 15.0. The summed E-state index contributed by atoms with van der Waals surface area (Å²) in [5, 5.41) is 3.42. The number of nitrogens with zero attached hydrogens (tertiary/aromatic N) is 1. The highest BCUT2D eigenvalue weighted by atomic mass is 32.1. The molecule has 1 aliphatic rings. The van der Waals surface area contributed by atoms with Gasteiger partial charge in [0.15, 0.2) is 16.6 Å². The molecule has 1 N–H and O–H groups in total. The first-order chi connectivity index (χ1) is 11.6. The summed E-state index contributed by atoms with van der Waals surface area (Å²) < 4.78 is 12.4. The van der Waals surface area contributed by atoms with Crippen LogP contribution in [-0.4, -0.2) is 23.6 Å². The Bertz CT molecular complexity index is 935. The Morgan fingerprint density at radius 3 is 2.88 bits per heavy atom. The summed E-state index contributed by atoms with van der Waals surface area (Å²) in [7, 11) is 0. The summed E-state index contributed by atoms with van der Waals surface area (Å²) in [6, 6.07) is 11.5. The van der Waals surface area contributed by atoms with E-state index in [0.29, 0.717) is 16.6 Å². The summed E-state index contributed by atoms with van der Waals surface area (Å²) in [5.41, 5.74) is 3.21. The number of hydrogen-bond acceptors (Lipinski definition) is 5. The number of benzene rings is 2. The molecule has 4 rings (SSSR count). The zero-order valence-electron chi connectivity index (χ0n) is 13.3. The van der Waals surface area contributed by atoms with Gasteiger partial charge in [0.25, 0.3) is 5.91 Å². The number of fused-ring (bicyclic) bond motifs is 2. The standard InChI is InChI=1S/C18H16N2O3S/c1-10-7-11(2)16-15(8-10)24-18(19-16)20-17(21)14-9-22-12-5-3-4-6-13(12)23-14/h3-8,14H,9H2,1-2H3,(H,19,20,21)/t14-/m1/s1. The number of nitrogens with one attached hydrogen (secondary N) is 1. The number of aryl methyl sites for hydroxylation is 2. The Morgan fingerprint density at radius 2 is 2.04 bits per heavy atom. The molecular formula is C18H16N2O3S. The lowest BCUT2D eigenvalue weighted by atomic mass is 10.1. The van der Waals surface area contributed by atoms with Crippen molar-refractivity contribution in [1.29, 1.82) is 0 Å². The Morgan fingerprint density at radius 1 is 1.25 bits per heavy atom. The molecule has 24 heavy (non-hydrogen) atoms. The average molecular weight is 340 g/mol. The van der Waals surface area contributed by atoms with Crippen LogP contribution < -0.4 is 14.8 Å². The third-order valence-electron chi connectivity index (χ3n) is 3.86. The molecule has 0 spiro atoms. The van der Waals surface area contributed by atoms with Crippen LogP contribution in [0.1, 0.15) is 11.1 Å². The topological polar surface area (TPSA) is 60.5 Å². The van der Waals surface area contributed by atoms with Gasteiger partial charge in [-0.05, 0) is 43.2 Å². The second kappa shape index (κ2) is 5.79. The number of carbonyl (C=O) groups excluding carboxylic acids is 1. The number of para-hydroxylation sites is 2. The van der Waals surface area contributed by atoms with Crippen LogP contribution in [0, 0.1) is 13.8 Å². The maximum atomic E-state index is 12.5. The minimum absolute atomic E-state index is 0.186. The van der Waals surface area contributed by atoms with Gasteiger partial charge in [0.1, 0.15) is 6.61 Å². The van der Waals surface area contributed by atoms with E-state index >= 15 is 0 Å². The van der Waals surface area contributed by atoms with E-state index in [1.807, 2.05) is 25.1 Å². The fourth-order valence-electron chi connectivity index (χ4n) is 2.76. The van der Waals surface area contributed by atoms with Crippen molar-refractivity contribution in [2.75, 3.05) is 11.9 Å². The highest BCUT2D eigenvalue weighted by molar-refractivity contribution is 7.22. The second-order valence-electron chi connectivity index (χ2n) is 5.80. The summed E-state index contributed by atoms with van der Waals surface area (Å²) in [6.45, 7) is 4.26. The van der Waals surface area contributed by atoms with Gasteiger partial charge in [-0.25, -0.2) is 4.98 Å². The van der Waals surface area contributed by atoms with Crippen LogP contribution in [0.15, 0.2) is 36.4 Å². The quantitative estimate of drug-likeness (QED) is 0.773. The minimum atomic E-state index is -0.685. The fourth-order valence-corrected chi connectivity index (χ4v) is 3.80. The van der Waals surface area contributed by atoms with Gasteiger partial charge < -0.3 is 9.47 Å². The molecule has 6 heteroatoms. The predicted octanol–water partition coefficient (Wildman–Crippen LogP) is 3.69. The van der Waals surface area contributed by atoms with Crippen molar-refractivity contribution in [3.63, 3.8) is 0 Å². The largest absolute Gasteiger partial charge is 0.485 e. The monoisotopic (exact) mass is 340 g/mol. The SMILES string of the molecule is Cc1cc(C)c2nc(NC(=O)[C@H]3COc4ccccc4O3)sc2c1. The third kappa shape index (κ3) is 2.69. The second-order valence-corrected chi connectivity index (χ2v) is 6.83. The van der Waals surface area contributed by atoms with Crippen molar-refractivity contribution in [2.45, 2.75) is 20.0 Å². The maximum Gasteiger partial charge on any atom is 0.270 e. The summed E-state index contributed by atoms with van der Waals surface area (Å²) in [4.78, 5) is 17.0. The fraction of sp³-hybridized carbons (Fsp3) is 0.222. The molecule has 5 nitrogen and oxygen atoms in total. The number of rotatable bonds is 2. The smallest absolute Gasteiger partial charge is 0.270 e. The van der Waals surface area contributed by atoms with Crippen LogP contribution in [0.25, 0.3) is 10.2 Å². The zero-order valence-corrected chi connectivity index (χ0v) is 14.1. The van der Waals surface area contributed by atoms with E-state index in [9.17, 15) is 4.79 Å². The average Bonchev–Trinajstić information content (AvgIpc) is 2.97. The zero-order chi connectivity index (χ0) is 16.7. The molecule has 0 radical (unpaired) electrons. The van der Waals surface area contributed by atoms with Crippen LogP contribution in [0.5, 0.6) is 11.5 Å². The number of anilines is 1. The van der Waals surface area contributed by atoms with E-state index in [-0.39, 0.29) is 12.5 Å². The number of ether oxygens (including phenoxy) is 2. The van der Waals surface area contributed by atoms with E-state index in [4.69, 9.17) is 9.47 Å². The number of carbonyl (C=O) groups is 1. The molecule has 0 saturated carbocycles. The number of hydrogen-bond donors (Lipinski definition) is 1. The van der Waals surface area contributed by atoms with Gasteiger partial charge in [-0.2, -0.15) is 0 Å². The Hall–Kier alpha value is -2.60. The normalized spacial score (nSPS) is 16.2. The van der Waals surface area contributed by atoms with Crippen molar-refractivity contribution in [3.8, 4) is 11.5 Å². The predicted molar refractivity (Wildman–Crippen MR) is 94.1 cm³/mol. The van der Waals surface area contributed by atoms with Crippen molar-refractivity contribution in [2.24, 2.45) is 0 Å². The van der Waals surface area contributed by atoms with Crippen LogP contribution in [0.4, 0.5) is 5.13 Å². The van der Waals surface area contributed by atoms with Crippen LogP contribution in [0.2, 0.25) is 0 Å². The van der Waals surface area contributed by atoms with Crippen LogP contribution in [-0.2, 0) is 4.79 Å². The molecule has 0 unspecified atom stereocenters. The molecule has 3 aromatic rings. The van der Waals surface area contributed by atoms with E-state index in [2.05, 4.69) is 29.4 Å². The number of thiazole rings is 1. The van der Waals surface area contributed by atoms with Crippen molar-refractivity contribution in [3.05, 3.63) is 47.5 Å². The molecule has 1 aliphatic heterocycles. The molecule has 122 valence electrons. The minimum Gasteiger partial charge on any atom is -0.485 e. The first-order valence-electron chi connectivity index (χ1n) is 7.67. The molecule has 1 amide bonds. The number of aromatic nitrogens is 1. The lowest BCUT2D eigenvalue weighted by Gasteiger charge is -2.25. The summed E-state index contributed by atoms with van der Waals surface area (Å²) in [5.74, 6) is 0.991. The lowest BCUT2D eigenvalue weighted by Crippen LogP contribution is -2.40. The highest BCUT2D eigenvalue weighted by Gasteiger charge is 2.28. The molecule has 2 heterocycles. The van der Waals surface area contributed by atoms with Gasteiger partial charge in [-0.15, -0.1) is 0 Å². The molecule has 0 aliphatic carbocycles. The number of amides is 1. The van der Waals surface area contributed by atoms with Crippen LogP contribution in [0.3, 0.4) is 0 Å². The van der Waals surface area contributed by atoms with E-state index in [1.54, 1.807) is 6.07 Å². The highest BCUT2D eigenvalue weighted by Crippen LogP contribution is 2.32. The summed E-state index contributed by atoms with van der Waals surface area (Å²) >= 11 is 1.46. The third-order valence-corrected chi connectivity index (χ3v) is 4.78. The van der Waals surface area contributed by atoms with Gasteiger partial charge in [0, 0.05) is 0 Å². The summed E-state index contributed by atoms with van der Waals surface area (Å²) in [6.07, 6.45) is -0.685. The van der Waals surface area contributed by atoms with Gasteiger partial charge in [0.2, 0.25) is 6.10 Å². The van der Waals surface area contributed by atoms with E-state index < -0.39 is 6.10 Å². The van der Waals surface area contributed by atoms with Gasteiger partial charge in [-0.3, -0.25) is 10.1 Å². The van der Waals surface area contributed by atoms with Crippen molar-refractivity contribution >= 4 is 32.6 Å². The van der Waals surface area contributed by atoms with Crippen molar-refractivity contribution < 1.29 is 14.3 Å². The molecule has 0 bridgehead atoms. The first-order valence-corrected chi connectivity index (χ1v) is 8.49. The van der Waals surface area contributed by atoms with Gasteiger partial charge in [-0.1, -0.05) is 29.5 Å². The van der Waals surface area contributed by atoms with Gasteiger partial charge in [0.05, 0.1) is 10.2 Å². The molecule has 1 atom stereocenters. The van der Waals surface area contributed by atoms with Crippen molar-refractivity contribution in [1.82, 2.24) is 4.98 Å². The van der Waals surface area contributed by atoms with E-state index in [0.717, 1.165) is 15.8 Å². The Labute approximate surface area is 143 Å². The molecule has 2 aromatic carbocycles. The molecular weight excluding hydrogens is 324 g/mol. The molecule has 0 fully saturated rings. The molecule has 0 saturated heterocycles. The maximum absolute atomic E-state index is 12.5. The van der Waals surface area contributed by atoms with E-state index in [1.165, 1.54) is 16.9 Å². The van der Waals surface area contributed by atoms with Crippen LogP contribution >= 0.6 is 11.3 Å².